The highest BCUT2D eigenvalue weighted by molar-refractivity contribution is 5.85. The van der Waals surface area contributed by atoms with Crippen molar-refractivity contribution >= 4 is 18.4 Å². The van der Waals surface area contributed by atoms with Crippen LogP contribution in [0, 0.1) is 0 Å². The second kappa shape index (κ2) is 7.10. The topological polar surface area (TPSA) is 35.6 Å². The van der Waals surface area contributed by atoms with Crippen LogP contribution in [0.3, 0.4) is 0 Å². The maximum Gasteiger partial charge on any atom is 0.317 e. The monoisotopic (exact) mass is 337 g/mol. The minimum absolute atomic E-state index is 0. The SMILES string of the molecule is CC(C)NC(=O)N1Cc2ccccc2C2(CCN(C)CC2)C1.Cl. The fourth-order valence-corrected chi connectivity index (χ4v) is 3.84. The van der Waals surface area contributed by atoms with Gasteiger partial charge in [0, 0.05) is 24.5 Å². The van der Waals surface area contributed by atoms with E-state index in [1.807, 2.05) is 18.7 Å². The van der Waals surface area contributed by atoms with Crippen molar-refractivity contribution in [2.45, 2.75) is 44.7 Å². The van der Waals surface area contributed by atoms with Gasteiger partial charge in [0.1, 0.15) is 0 Å². The normalized spacial score (nSPS) is 20.1. The quantitative estimate of drug-likeness (QED) is 0.855. The molecule has 2 aliphatic heterocycles. The van der Waals surface area contributed by atoms with Crippen molar-refractivity contribution in [2.75, 3.05) is 26.7 Å². The lowest BCUT2D eigenvalue weighted by Crippen LogP contribution is -2.55. The third kappa shape index (κ3) is 3.64. The number of likely N-dealkylation sites (tertiary alicyclic amines) is 1. The predicted molar refractivity (Wildman–Crippen MR) is 96.2 cm³/mol. The fourth-order valence-electron chi connectivity index (χ4n) is 3.84. The highest BCUT2D eigenvalue weighted by Gasteiger charge is 2.42. The number of fused-ring (bicyclic) bond motifs is 2. The molecule has 2 aliphatic rings. The minimum atomic E-state index is 0. The van der Waals surface area contributed by atoms with Gasteiger partial charge in [-0.2, -0.15) is 0 Å². The first-order valence-electron chi connectivity index (χ1n) is 8.32. The van der Waals surface area contributed by atoms with Gasteiger partial charge in [0.2, 0.25) is 0 Å². The smallest absolute Gasteiger partial charge is 0.317 e. The number of urea groups is 1. The highest BCUT2D eigenvalue weighted by atomic mass is 35.5. The number of nitrogens with one attached hydrogen (secondary N) is 1. The number of nitrogens with zero attached hydrogens (tertiary/aromatic N) is 2. The molecule has 1 saturated heterocycles. The first-order chi connectivity index (χ1) is 10.5. The largest absolute Gasteiger partial charge is 0.336 e. The Morgan fingerprint density at radius 2 is 1.87 bits per heavy atom. The summed E-state index contributed by atoms with van der Waals surface area (Å²) in [6.45, 7) is 7.81. The van der Waals surface area contributed by atoms with Crippen molar-refractivity contribution in [3.63, 3.8) is 0 Å². The predicted octanol–water partition coefficient (Wildman–Crippen LogP) is 3.01. The summed E-state index contributed by atoms with van der Waals surface area (Å²) in [4.78, 5) is 16.9. The van der Waals surface area contributed by atoms with Crippen molar-refractivity contribution in [2.24, 2.45) is 0 Å². The van der Waals surface area contributed by atoms with Gasteiger partial charge < -0.3 is 15.1 Å². The van der Waals surface area contributed by atoms with E-state index in [1.54, 1.807) is 0 Å². The van der Waals surface area contributed by atoms with Crippen LogP contribution in [-0.4, -0.2) is 48.6 Å². The zero-order chi connectivity index (χ0) is 15.7. The average molecular weight is 338 g/mol. The van der Waals surface area contributed by atoms with Crippen LogP contribution in [0.2, 0.25) is 0 Å². The number of amides is 2. The summed E-state index contributed by atoms with van der Waals surface area (Å²) >= 11 is 0. The van der Waals surface area contributed by atoms with E-state index < -0.39 is 0 Å². The van der Waals surface area contributed by atoms with Gasteiger partial charge in [-0.05, 0) is 58.0 Å². The molecule has 3 rings (SSSR count). The molecular formula is C18H28ClN3O. The van der Waals surface area contributed by atoms with Gasteiger partial charge in [-0.3, -0.25) is 0 Å². The molecule has 4 nitrogen and oxygen atoms in total. The first kappa shape index (κ1) is 18.1. The molecule has 0 atom stereocenters. The second-order valence-corrected chi connectivity index (χ2v) is 7.20. The number of halogens is 1. The Hall–Kier alpha value is -1.26. The highest BCUT2D eigenvalue weighted by Crippen LogP contribution is 2.41. The second-order valence-electron chi connectivity index (χ2n) is 7.20. The van der Waals surface area contributed by atoms with Gasteiger partial charge in [0.15, 0.2) is 0 Å². The molecular weight excluding hydrogens is 310 g/mol. The molecule has 0 bridgehead atoms. The van der Waals surface area contributed by atoms with Crippen LogP contribution in [0.4, 0.5) is 4.79 Å². The standard InChI is InChI=1S/C18H27N3O.ClH/c1-14(2)19-17(22)21-12-15-6-4-5-7-16(15)18(13-21)8-10-20(3)11-9-18;/h4-7,14H,8-13H2,1-3H3,(H,19,22);1H. The molecule has 0 unspecified atom stereocenters. The summed E-state index contributed by atoms with van der Waals surface area (Å²) in [5.41, 5.74) is 2.92. The van der Waals surface area contributed by atoms with Crippen molar-refractivity contribution in [3.8, 4) is 0 Å². The van der Waals surface area contributed by atoms with Crippen LogP contribution in [0.1, 0.15) is 37.8 Å². The molecule has 23 heavy (non-hydrogen) atoms. The zero-order valence-electron chi connectivity index (χ0n) is 14.3. The Bertz CT molecular complexity index is 553. The van der Waals surface area contributed by atoms with Crippen molar-refractivity contribution in [1.29, 1.82) is 0 Å². The number of piperidine rings is 1. The first-order valence-corrected chi connectivity index (χ1v) is 8.32. The lowest BCUT2D eigenvalue weighted by molar-refractivity contribution is 0.119. The van der Waals surface area contributed by atoms with E-state index in [4.69, 9.17) is 0 Å². The summed E-state index contributed by atoms with van der Waals surface area (Å²) in [7, 11) is 2.19. The van der Waals surface area contributed by atoms with Crippen LogP contribution in [0.5, 0.6) is 0 Å². The average Bonchev–Trinajstić information content (AvgIpc) is 2.49. The third-order valence-corrected chi connectivity index (χ3v) is 5.09. The summed E-state index contributed by atoms with van der Waals surface area (Å²) in [6, 6.07) is 8.94. The number of hydrogen-bond donors (Lipinski definition) is 1. The molecule has 2 amide bonds. The number of hydrogen-bond acceptors (Lipinski definition) is 2. The van der Waals surface area contributed by atoms with Gasteiger partial charge in [0.25, 0.3) is 0 Å². The molecule has 1 aromatic rings. The number of benzene rings is 1. The summed E-state index contributed by atoms with van der Waals surface area (Å²) in [5, 5.41) is 3.05. The Morgan fingerprint density at radius 1 is 1.22 bits per heavy atom. The molecule has 128 valence electrons. The van der Waals surface area contributed by atoms with E-state index >= 15 is 0 Å². The van der Waals surface area contributed by atoms with E-state index in [2.05, 4.69) is 41.5 Å². The number of carbonyl (C=O) groups is 1. The Balaban J connectivity index is 0.00000192. The van der Waals surface area contributed by atoms with Crippen LogP contribution in [0.15, 0.2) is 24.3 Å². The van der Waals surface area contributed by atoms with Gasteiger partial charge >= 0.3 is 6.03 Å². The molecule has 1 N–H and O–H groups in total. The molecule has 0 aromatic heterocycles. The molecule has 1 fully saturated rings. The molecule has 5 heteroatoms. The maximum absolute atomic E-state index is 12.5. The van der Waals surface area contributed by atoms with Crippen LogP contribution < -0.4 is 5.32 Å². The molecule has 2 heterocycles. The van der Waals surface area contributed by atoms with E-state index in [0.717, 1.165) is 39.0 Å². The number of rotatable bonds is 1. The Kier molecular flexibility index (Phi) is 5.58. The van der Waals surface area contributed by atoms with E-state index in [-0.39, 0.29) is 29.9 Å². The van der Waals surface area contributed by atoms with Crippen LogP contribution >= 0.6 is 12.4 Å². The molecule has 0 saturated carbocycles. The summed E-state index contributed by atoms with van der Waals surface area (Å²) < 4.78 is 0. The number of carbonyl (C=O) groups excluding carboxylic acids is 1. The zero-order valence-corrected chi connectivity index (χ0v) is 15.2. The lowest BCUT2D eigenvalue weighted by Gasteiger charge is -2.48. The molecule has 1 aromatic carbocycles. The maximum atomic E-state index is 12.5. The van der Waals surface area contributed by atoms with Gasteiger partial charge in [0.05, 0.1) is 0 Å². The summed E-state index contributed by atoms with van der Waals surface area (Å²) in [5.74, 6) is 0. The van der Waals surface area contributed by atoms with Crippen molar-refractivity contribution in [3.05, 3.63) is 35.4 Å². The fraction of sp³-hybridized carbons (Fsp3) is 0.611. The molecule has 0 radical (unpaired) electrons. The van der Waals surface area contributed by atoms with Crippen molar-refractivity contribution < 1.29 is 4.79 Å². The minimum Gasteiger partial charge on any atom is -0.336 e. The van der Waals surface area contributed by atoms with Gasteiger partial charge in [-0.25, -0.2) is 4.79 Å². The Labute approximate surface area is 145 Å². The summed E-state index contributed by atoms with van der Waals surface area (Å²) in [6.07, 6.45) is 2.26. The Morgan fingerprint density at radius 3 is 2.52 bits per heavy atom. The van der Waals surface area contributed by atoms with Crippen LogP contribution in [0.25, 0.3) is 0 Å². The van der Waals surface area contributed by atoms with Gasteiger partial charge in [-0.1, -0.05) is 24.3 Å². The van der Waals surface area contributed by atoms with Gasteiger partial charge in [-0.15, -0.1) is 12.4 Å². The molecule has 1 spiro atoms. The van der Waals surface area contributed by atoms with Crippen LogP contribution in [-0.2, 0) is 12.0 Å². The third-order valence-electron chi connectivity index (χ3n) is 5.09. The lowest BCUT2D eigenvalue weighted by atomic mass is 9.69. The van der Waals surface area contributed by atoms with E-state index in [9.17, 15) is 4.79 Å². The van der Waals surface area contributed by atoms with E-state index in [1.165, 1.54) is 11.1 Å². The van der Waals surface area contributed by atoms with E-state index in [0.29, 0.717) is 0 Å². The molecule has 0 aliphatic carbocycles. The van der Waals surface area contributed by atoms with Crippen molar-refractivity contribution in [1.82, 2.24) is 15.1 Å².